The van der Waals surface area contributed by atoms with Gasteiger partial charge in [-0.3, -0.25) is 9.10 Å². The van der Waals surface area contributed by atoms with Crippen molar-refractivity contribution in [2.75, 3.05) is 17.1 Å². The van der Waals surface area contributed by atoms with Gasteiger partial charge in [-0.05, 0) is 72.6 Å². The minimum absolute atomic E-state index is 0.0522. The summed E-state index contributed by atoms with van der Waals surface area (Å²) in [5, 5.41) is 2.76. The van der Waals surface area contributed by atoms with Crippen molar-refractivity contribution in [3.63, 3.8) is 0 Å². The predicted molar refractivity (Wildman–Crippen MR) is 128 cm³/mol. The Morgan fingerprint density at radius 3 is 1.80 bits per heavy atom. The number of halogens is 2. The molecule has 186 valence electrons. The topological polar surface area (TPSA) is 101 Å². The van der Waals surface area contributed by atoms with E-state index in [0.717, 1.165) is 47.0 Å². The molecule has 0 aliphatic heterocycles. The van der Waals surface area contributed by atoms with Crippen LogP contribution < -0.4 is 9.62 Å². The van der Waals surface area contributed by atoms with Crippen molar-refractivity contribution in [2.24, 2.45) is 0 Å². The maximum absolute atomic E-state index is 13.5. The van der Waals surface area contributed by atoms with Crippen molar-refractivity contribution < 1.29 is 30.4 Å². The maximum atomic E-state index is 13.5. The van der Waals surface area contributed by atoms with Gasteiger partial charge < -0.3 is 5.32 Å². The monoisotopic (exact) mass is 522 g/mol. The molecule has 3 aromatic rings. The number of hydrogen-bond acceptors (Lipinski definition) is 5. The van der Waals surface area contributed by atoms with Crippen LogP contribution in [-0.2, 0) is 24.7 Å². The average Bonchev–Trinajstić information content (AvgIpc) is 2.81. The summed E-state index contributed by atoms with van der Waals surface area (Å²) in [6.07, 6.45) is 1.54. The van der Waals surface area contributed by atoms with Crippen LogP contribution in [0.15, 0.2) is 82.6 Å². The van der Waals surface area contributed by atoms with E-state index in [4.69, 9.17) is 0 Å². The van der Waals surface area contributed by atoms with Crippen LogP contribution in [-0.4, -0.2) is 35.5 Å². The SMILES string of the molecule is CCC(NC(=O)CN(c1ccc(F)cc1)S(=O)(=O)c1ccc(F)cc1)c1ccc(S(C)(=O)=O)cc1. The van der Waals surface area contributed by atoms with Crippen LogP contribution in [0, 0.1) is 11.6 Å². The fourth-order valence-corrected chi connectivity index (χ4v) is 5.45. The van der Waals surface area contributed by atoms with E-state index in [1.807, 2.05) is 6.92 Å². The number of hydrogen-bond donors (Lipinski definition) is 1. The molecule has 1 unspecified atom stereocenters. The fraction of sp³-hybridized carbons (Fsp3) is 0.208. The first-order valence-electron chi connectivity index (χ1n) is 10.5. The Labute approximate surface area is 203 Å². The number of carbonyl (C=O) groups excluding carboxylic acids is 1. The predicted octanol–water partition coefficient (Wildman–Crippen LogP) is 3.83. The molecule has 0 aromatic heterocycles. The number of sulfone groups is 1. The lowest BCUT2D eigenvalue weighted by atomic mass is 10.0. The van der Waals surface area contributed by atoms with E-state index in [0.29, 0.717) is 12.0 Å². The maximum Gasteiger partial charge on any atom is 0.264 e. The summed E-state index contributed by atoms with van der Waals surface area (Å²) in [5.41, 5.74) is 0.694. The van der Waals surface area contributed by atoms with Gasteiger partial charge in [0.25, 0.3) is 10.0 Å². The molecule has 3 aromatic carbocycles. The summed E-state index contributed by atoms with van der Waals surface area (Å²) >= 11 is 0. The quantitative estimate of drug-likeness (QED) is 0.460. The smallest absolute Gasteiger partial charge is 0.264 e. The third kappa shape index (κ3) is 6.43. The average molecular weight is 523 g/mol. The van der Waals surface area contributed by atoms with E-state index in [9.17, 15) is 30.4 Å². The molecule has 1 amide bonds. The summed E-state index contributed by atoms with van der Waals surface area (Å²) in [4.78, 5) is 12.8. The lowest BCUT2D eigenvalue weighted by Crippen LogP contribution is -2.42. The Balaban J connectivity index is 1.88. The minimum Gasteiger partial charge on any atom is -0.348 e. The largest absolute Gasteiger partial charge is 0.348 e. The molecule has 11 heteroatoms. The van der Waals surface area contributed by atoms with Crippen LogP contribution in [0.4, 0.5) is 14.5 Å². The van der Waals surface area contributed by atoms with Gasteiger partial charge in [0.2, 0.25) is 5.91 Å². The molecule has 0 aliphatic rings. The van der Waals surface area contributed by atoms with E-state index in [2.05, 4.69) is 5.32 Å². The third-order valence-electron chi connectivity index (χ3n) is 5.26. The summed E-state index contributed by atoms with van der Waals surface area (Å²) in [7, 11) is -7.67. The number of carbonyl (C=O) groups is 1. The Hall–Kier alpha value is -3.31. The molecule has 0 spiro atoms. The first-order valence-corrected chi connectivity index (χ1v) is 13.9. The molecule has 0 bridgehead atoms. The van der Waals surface area contributed by atoms with Crippen LogP contribution >= 0.6 is 0 Å². The second kappa shape index (κ2) is 10.5. The zero-order chi connectivity index (χ0) is 25.8. The number of nitrogens with one attached hydrogen (secondary N) is 1. The zero-order valence-electron chi connectivity index (χ0n) is 19.0. The number of rotatable bonds is 9. The van der Waals surface area contributed by atoms with Crippen LogP contribution in [0.5, 0.6) is 0 Å². The number of benzene rings is 3. The Kier molecular flexibility index (Phi) is 7.91. The van der Waals surface area contributed by atoms with Crippen molar-refractivity contribution in [3.8, 4) is 0 Å². The van der Waals surface area contributed by atoms with E-state index in [-0.39, 0.29) is 15.5 Å². The van der Waals surface area contributed by atoms with E-state index >= 15 is 0 Å². The van der Waals surface area contributed by atoms with Gasteiger partial charge in [-0.15, -0.1) is 0 Å². The highest BCUT2D eigenvalue weighted by Gasteiger charge is 2.28. The summed E-state index contributed by atoms with van der Waals surface area (Å²) in [5.74, 6) is -1.84. The van der Waals surface area contributed by atoms with Gasteiger partial charge in [0.1, 0.15) is 18.2 Å². The highest BCUT2D eigenvalue weighted by molar-refractivity contribution is 7.93. The fourth-order valence-electron chi connectivity index (χ4n) is 3.40. The van der Waals surface area contributed by atoms with Gasteiger partial charge in [-0.2, -0.15) is 0 Å². The van der Waals surface area contributed by atoms with Crippen LogP contribution in [0.1, 0.15) is 24.9 Å². The third-order valence-corrected chi connectivity index (χ3v) is 8.17. The molecular formula is C24H24F2N2O5S2. The zero-order valence-corrected chi connectivity index (χ0v) is 20.6. The van der Waals surface area contributed by atoms with E-state index in [1.165, 1.54) is 24.3 Å². The van der Waals surface area contributed by atoms with Crippen LogP contribution in [0.3, 0.4) is 0 Å². The molecule has 0 aliphatic carbocycles. The van der Waals surface area contributed by atoms with Crippen LogP contribution in [0.25, 0.3) is 0 Å². The molecule has 0 fully saturated rings. The number of anilines is 1. The molecule has 0 heterocycles. The molecule has 1 atom stereocenters. The van der Waals surface area contributed by atoms with Gasteiger partial charge in [-0.1, -0.05) is 19.1 Å². The molecule has 7 nitrogen and oxygen atoms in total. The van der Waals surface area contributed by atoms with Crippen LogP contribution in [0.2, 0.25) is 0 Å². The molecule has 35 heavy (non-hydrogen) atoms. The highest BCUT2D eigenvalue weighted by atomic mass is 32.2. The van der Waals surface area contributed by atoms with Gasteiger partial charge in [0.05, 0.1) is 21.5 Å². The van der Waals surface area contributed by atoms with Crippen molar-refractivity contribution in [1.82, 2.24) is 5.32 Å². The van der Waals surface area contributed by atoms with Crippen molar-refractivity contribution >= 4 is 31.5 Å². The Morgan fingerprint density at radius 1 is 0.829 bits per heavy atom. The van der Waals surface area contributed by atoms with Crippen molar-refractivity contribution in [3.05, 3.63) is 90.0 Å². The van der Waals surface area contributed by atoms with E-state index in [1.54, 1.807) is 12.1 Å². The summed E-state index contributed by atoms with van der Waals surface area (Å²) in [6, 6.07) is 14.2. The number of amides is 1. The normalized spacial score (nSPS) is 12.7. The molecule has 0 radical (unpaired) electrons. The van der Waals surface area contributed by atoms with Gasteiger partial charge in [0.15, 0.2) is 9.84 Å². The first kappa shape index (κ1) is 26.3. The lowest BCUT2D eigenvalue weighted by Gasteiger charge is -2.25. The number of sulfonamides is 1. The molecular weight excluding hydrogens is 498 g/mol. The second-order valence-electron chi connectivity index (χ2n) is 7.81. The first-order chi connectivity index (χ1) is 16.4. The molecule has 0 saturated heterocycles. The molecule has 3 rings (SSSR count). The Morgan fingerprint density at radius 2 is 1.31 bits per heavy atom. The summed E-state index contributed by atoms with van der Waals surface area (Å²) in [6.45, 7) is 1.19. The Bertz CT molecular complexity index is 1390. The van der Waals surface area contributed by atoms with E-state index < -0.39 is 50.0 Å². The molecule has 1 N–H and O–H groups in total. The van der Waals surface area contributed by atoms with Crippen molar-refractivity contribution in [2.45, 2.75) is 29.2 Å². The van der Waals surface area contributed by atoms with Gasteiger partial charge in [-0.25, -0.2) is 25.6 Å². The summed E-state index contributed by atoms with van der Waals surface area (Å²) < 4.78 is 77.6. The number of nitrogens with zero attached hydrogens (tertiary/aromatic N) is 1. The highest BCUT2D eigenvalue weighted by Crippen LogP contribution is 2.25. The minimum atomic E-state index is -4.29. The molecule has 0 saturated carbocycles. The second-order valence-corrected chi connectivity index (χ2v) is 11.7. The standard InChI is InChI=1S/C24H24F2N2O5S2/c1-3-23(17-4-12-21(13-5-17)34(2,30)31)27-24(29)16-28(20-10-6-18(25)7-11-20)35(32,33)22-14-8-19(26)9-15-22/h4-15,23H,3,16H2,1-2H3,(H,27,29). The van der Waals surface area contributed by atoms with Crippen molar-refractivity contribution in [1.29, 1.82) is 0 Å². The lowest BCUT2D eigenvalue weighted by molar-refractivity contribution is -0.120. The van der Waals surface area contributed by atoms with Gasteiger partial charge in [0, 0.05) is 6.26 Å². The van der Waals surface area contributed by atoms with Gasteiger partial charge >= 0.3 is 0 Å².